The van der Waals surface area contributed by atoms with Gasteiger partial charge in [0.15, 0.2) is 0 Å². The zero-order valence-electron chi connectivity index (χ0n) is 21.6. The fraction of sp³-hybridized carbons (Fsp3) is 0. The molecule has 43 heavy (non-hydrogen) atoms. The molecule has 0 aromatic heterocycles. The van der Waals surface area contributed by atoms with E-state index in [0.717, 1.165) is 0 Å². The van der Waals surface area contributed by atoms with Crippen molar-refractivity contribution >= 4 is 70.6 Å². The molecule has 4 aromatic carbocycles. The van der Waals surface area contributed by atoms with Gasteiger partial charge >= 0.3 is 28.9 Å². The summed E-state index contributed by atoms with van der Waals surface area (Å²) in [4.78, 5) is 19.5. The van der Waals surface area contributed by atoms with Crippen LogP contribution in [0.15, 0.2) is 83.0 Å². The van der Waals surface area contributed by atoms with Crippen LogP contribution in [0.25, 0.3) is 0 Å². The molecule has 0 spiro atoms. The molecule has 0 saturated heterocycles. The quantitative estimate of drug-likeness (QED) is 0.133. The van der Waals surface area contributed by atoms with E-state index in [2.05, 4.69) is 21.1 Å². The fourth-order valence-electron chi connectivity index (χ4n) is 3.16. The minimum absolute atomic E-state index is 0. The number of amides is 2. The van der Waals surface area contributed by atoms with E-state index in [9.17, 15) is 19.8 Å². The minimum Gasteiger partial charge on any atom is -0.872 e. The molecule has 0 aliphatic carbocycles. The van der Waals surface area contributed by atoms with Gasteiger partial charge in [-0.25, -0.2) is 0 Å². The molecule has 0 heterocycles. The predicted octanol–water partition coefficient (Wildman–Crippen LogP) is 3.96. The molecule has 8 N–H and O–H groups in total. The third-order valence-corrected chi connectivity index (χ3v) is 6.24. The van der Waals surface area contributed by atoms with Gasteiger partial charge < -0.3 is 20.4 Å². The number of carbonyl (C=O) groups excluding carboxylic acids is 2. The largest absolute Gasteiger partial charge is 3.00 e. The zero-order valence-corrected chi connectivity index (χ0v) is 25.7. The van der Waals surface area contributed by atoms with Gasteiger partial charge in [-0.05, 0) is 36.4 Å². The molecule has 0 fully saturated rings. The van der Waals surface area contributed by atoms with Crippen LogP contribution >= 0.6 is 46.4 Å². The molecule has 221 valence electrons. The second kappa shape index (κ2) is 16.6. The Kier molecular flexibility index (Phi) is 13.6. The van der Waals surface area contributed by atoms with Gasteiger partial charge in [0.1, 0.15) is 10.0 Å². The molecule has 4 rings (SSSR count). The Bertz CT molecular complexity index is 1560. The van der Waals surface area contributed by atoms with Crippen LogP contribution in [0.2, 0.25) is 20.1 Å². The monoisotopic (exact) mass is 706 g/mol. The number of rotatable bonds is 6. The first-order valence-corrected chi connectivity index (χ1v) is 13.1. The van der Waals surface area contributed by atoms with Crippen LogP contribution in [0.4, 0.5) is 0 Å². The molecule has 0 aliphatic rings. The predicted molar refractivity (Wildman–Crippen MR) is 164 cm³/mol. The Labute approximate surface area is 275 Å². The van der Waals surface area contributed by atoms with Gasteiger partial charge in [-0.1, -0.05) is 94.3 Å². The zero-order chi connectivity index (χ0) is 30.8. The molecular formula is C28H22Cl4FeN4O6+5. The van der Waals surface area contributed by atoms with Crippen LogP contribution in [-0.4, -0.2) is 44.0 Å². The van der Waals surface area contributed by atoms with Crippen molar-refractivity contribution in [2.24, 2.45) is 10.2 Å². The van der Waals surface area contributed by atoms with Gasteiger partial charge in [-0.15, -0.1) is 0 Å². The van der Waals surface area contributed by atoms with E-state index in [1.54, 1.807) is 24.3 Å². The summed E-state index contributed by atoms with van der Waals surface area (Å²) in [6.07, 6.45) is 2.56. The maximum absolute atomic E-state index is 11.5. The van der Waals surface area contributed by atoms with Crippen LogP contribution in [0.3, 0.4) is 0 Å². The molecule has 0 saturated carbocycles. The Hall–Kier alpha value is -3.96. The Morgan fingerprint density at radius 3 is 1.35 bits per heavy atom. The number of nitrogens with one attached hydrogen (secondary N) is 2. The van der Waals surface area contributed by atoms with Crippen molar-refractivity contribution in [3.63, 3.8) is 0 Å². The number of hydrogen-bond acceptors (Lipinski definition) is 4. The summed E-state index contributed by atoms with van der Waals surface area (Å²) < 4.78 is 0. The second-order valence-corrected chi connectivity index (χ2v) is 9.82. The van der Waals surface area contributed by atoms with Crippen LogP contribution in [-0.2, 0) is 17.1 Å². The van der Waals surface area contributed by atoms with E-state index in [1.807, 2.05) is 0 Å². The molecule has 1 radical (unpaired) electrons. The molecule has 0 unspecified atom stereocenters. The van der Waals surface area contributed by atoms with E-state index < -0.39 is 0 Å². The first-order valence-electron chi connectivity index (χ1n) is 11.6. The van der Waals surface area contributed by atoms with Gasteiger partial charge in [0, 0.05) is 10.0 Å². The van der Waals surface area contributed by atoms with Crippen LogP contribution < -0.4 is 21.1 Å². The third kappa shape index (κ3) is 10.1. The smallest absolute Gasteiger partial charge is 0.872 e. The maximum atomic E-state index is 11.5. The summed E-state index contributed by atoms with van der Waals surface area (Å²) in [5.41, 5.74) is 5.61. The first-order chi connectivity index (χ1) is 20.0. The van der Waals surface area contributed by atoms with Crippen molar-refractivity contribution in [3.05, 3.63) is 115 Å². The van der Waals surface area contributed by atoms with E-state index >= 15 is 0 Å². The van der Waals surface area contributed by atoms with Crippen LogP contribution in [0.5, 0.6) is 23.0 Å². The SMILES string of the molecule is [Fe+3].[O-]c1ccccc1C(=[OH+])NN=Cc1cc(Cl)cc(Cl)c1[OH2+].[O-]c1ccccc1C(=[OH+])NN=Cc1cc(Cl)cc(Cl)c1[OH2+]. The van der Waals surface area contributed by atoms with Crippen molar-refractivity contribution < 1.29 is 47.1 Å². The van der Waals surface area contributed by atoms with Crippen molar-refractivity contribution in [1.82, 2.24) is 10.9 Å². The van der Waals surface area contributed by atoms with Gasteiger partial charge in [0.25, 0.3) is 11.5 Å². The topological polar surface area (TPSA) is 184 Å². The Morgan fingerprint density at radius 2 is 1.00 bits per heavy atom. The molecule has 0 bridgehead atoms. The normalized spacial score (nSPS) is 10.5. The van der Waals surface area contributed by atoms with Crippen molar-refractivity contribution in [2.75, 3.05) is 0 Å². The average Bonchev–Trinajstić information content (AvgIpc) is 2.94. The summed E-state index contributed by atoms with van der Waals surface area (Å²) >= 11 is 23.3. The fourth-order valence-corrected chi connectivity index (χ4v) is 4.18. The number of hydrogen-bond donors (Lipinski definition) is 2. The number of para-hydroxylation sites is 2. The van der Waals surface area contributed by atoms with Gasteiger partial charge in [-0.3, -0.25) is 9.59 Å². The molecule has 2 amide bonds. The van der Waals surface area contributed by atoms with Crippen LogP contribution in [0, 0.1) is 0 Å². The molecule has 4 aromatic rings. The molecule has 15 heteroatoms. The van der Waals surface area contributed by atoms with Crippen molar-refractivity contribution in [1.29, 1.82) is 0 Å². The molecular weight excluding hydrogens is 686 g/mol. The van der Waals surface area contributed by atoms with Crippen LogP contribution in [0.1, 0.15) is 22.3 Å². The van der Waals surface area contributed by atoms with Crippen molar-refractivity contribution in [3.8, 4) is 23.0 Å². The van der Waals surface area contributed by atoms with E-state index in [4.69, 9.17) is 56.6 Å². The minimum atomic E-state index is -0.378. The summed E-state index contributed by atoms with van der Waals surface area (Å²) in [6, 6.07) is 17.9. The number of nitrogens with zero attached hydrogens (tertiary/aromatic N) is 2. The maximum Gasteiger partial charge on any atom is 3.00 e. The summed E-state index contributed by atoms with van der Waals surface area (Å²) in [5.74, 6) is -1.28. The summed E-state index contributed by atoms with van der Waals surface area (Å²) in [7, 11) is 0. The number of halogens is 4. The van der Waals surface area contributed by atoms with Gasteiger partial charge in [-0.2, -0.15) is 21.1 Å². The summed E-state index contributed by atoms with van der Waals surface area (Å²) in [5, 5.41) is 47.2. The Balaban J connectivity index is 0.000000293. The second-order valence-electron chi connectivity index (χ2n) is 8.13. The van der Waals surface area contributed by atoms with E-state index in [0.29, 0.717) is 21.2 Å². The third-order valence-electron chi connectivity index (χ3n) is 5.20. The molecule has 0 aliphatic heterocycles. The van der Waals surface area contributed by atoms with Crippen molar-refractivity contribution in [2.45, 2.75) is 0 Å². The number of hydrazone groups is 2. The first kappa shape index (κ1) is 35.2. The van der Waals surface area contributed by atoms with E-state index in [1.165, 1.54) is 61.0 Å². The number of benzene rings is 4. The van der Waals surface area contributed by atoms with E-state index in [-0.39, 0.29) is 73.1 Å². The molecule has 0 atom stereocenters. The summed E-state index contributed by atoms with van der Waals surface area (Å²) in [6.45, 7) is 0. The Morgan fingerprint density at radius 1 is 0.651 bits per heavy atom. The standard InChI is InChI=1S/2C14H10Cl2N2O3.Fe/c2*15-9-5-8(13(20)11(16)6-9)7-17-18-14(21)10-3-1-2-4-12(10)19;/h2*1-7,19-20H,(H,18,21);/q;;+3/p+2. The average molecular weight is 708 g/mol. The molecule has 10 nitrogen and oxygen atoms in total. The van der Waals surface area contributed by atoms with Gasteiger partial charge in [0.2, 0.25) is 0 Å². The van der Waals surface area contributed by atoms with Gasteiger partial charge in [0.05, 0.1) is 34.7 Å².